The Kier molecular flexibility index (Phi) is 5.34. The standard InChI is InChI=1S/C24H16N4O5S/c1-32-21-11-15(28(30)31)7-9-17(21)20-10-8-16(33-20)12-18-22(25)27-19(14-5-3-2-4-6-14)13-34-24(27)26-23(18)29/h2-13,25H,1H3. The van der Waals surface area contributed by atoms with E-state index < -0.39 is 10.8 Å². The third-order valence-corrected chi connectivity index (χ3v) is 6.08. The Bertz CT molecular complexity index is 1440. The fraction of sp³-hybridized carbons (Fsp3) is 0.0417. The highest BCUT2D eigenvalue weighted by Gasteiger charge is 2.36. The number of hydrogen-bond donors (Lipinski definition) is 1. The minimum Gasteiger partial charge on any atom is -0.496 e. The lowest BCUT2D eigenvalue weighted by atomic mass is 10.1. The van der Waals surface area contributed by atoms with Crippen molar-refractivity contribution < 1.29 is 18.9 Å². The smallest absolute Gasteiger partial charge is 0.283 e. The van der Waals surface area contributed by atoms with Gasteiger partial charge in [0.05, 0.1) is 34.9 Å². The number of benzene rings is 2. The van der Waals surface area contributed by atoms with Crippen molar-refractivity contribution in [1.82, 2.24) is 4.90 Å². The number of nitrogens with zero attached hydrogens (tertiary/aromatic N) is 3. The number of carbonyl (C=O) groups excluding carboxylic acids is 1. The minimum atomic E-state index is -0.530. The molecule has 0 bridgehead atoms. The highest BCUT2D eigenvalue weighted by Crippen LogP contribution is 2.38. The van der Waals surface area contributed by atoms with Gasteiger partial charge in [-0.15, -0.1) is 0 Å². The number of fused-ring (bicyclic) bond motifs is 1. The first kappa shape index (κ1) is 21.4. The first-order valence-electron chi connectivity index (χ1n) is 10.0. The van der Waals surface area contributed by atoms with Gasteiger partial charge >= 0.3 is 0 Å². The lowest BCUT2D eigenvalue weighted by molar-refractivity contribution is -0.384. The third-order valence-electron chi connectivity index (χ3n) is 5.26. The summed E-state index contributed by atoms with van der Waals surface area (Å²) in [4.78, 5) is 29.0. The molecule has 34 heavy (non-hydrogen) atoms. The summed E-state index contributed by atoms with van der Waals surface area (Å²) in [5.74, 6) is 0.488. The molecule has 2 aromatic carbocycles. The van der Waals surface area contributed by atoms with Gasteiger partial charge in [0.1, 0.15) is 23.1 Å². The highest BCUT2D eigenvalue weighted by atomic mass is 32.2. The molecule has 3 aromatic rings. The zero-order chi connectivity index (χ0) is 23.8. The lowest BCUT2D eigenvalue weighted by Gasteiger charge is -2.26. The molecule has 0 saturated carbocycles. The quantitative estimate of drug-likeness (QED) is 0.309. The van der Waals surface area contributed by atoms with Gasteiger partial charge in [0.15, 0.2) is 5.17 Å². The van der Waals surface area contributed by atoms with Crippen molar-refractivity contribution in [2.45, 2.75) is 0 Å². The molecule has 0 aliphatic carbocycles. The lowest BCUT2D eigenvalue weighted by Crippen LogP contribution is -2.37. The van der Waals surface area contributed by atoms with E-state index in [1.54, 1.807) is 17.0 Å². The fourth-order valence-electron chi connectivity index (χ4n) is 3.63. The maximum atomic E-state index is 12.7. The number of carbonyl (C=O) groups is 1. The van der Waals surface area contributed by atoms with Crippen LogP contribution in [0.25, 0.3) is 23.1 Å². The molecule has 0 unspecified atom stereocenters. The minimum absolute atomic E-state index is 0.000898. The van der Waals surface area contributed by atoms with E-state index in [-0.39, 0.29) is 22.8 Å². The Hall–Kier alpha value is -4.44. The van der Waals surface area contributed by atoms with Crippen LogP contribution in [0.15, 0.2) is 81.1 Å². The molecular weight excluding hydrogens is 456 g/mol. The highest BCUT2D eigenvalue weighted by molar-refractivity contribution is 8.17. The first-order valence-corrected chi connectivity index (χ1v) is 10.9. The summed E-state index contributed by atoms with van der Waals surface area (Å²) in [6.07, 6.45) is 1.47. The molecule has 1 aromatic heterocycles. The molecule has 0 saturated heterocycles. The van der Waals surface area contributed by atoms with Gasteiger partial charge in [0, 0.05) is 11.5 Å². The average Bonchev–Trinajstić information content (AvgIpc) is 3.49. The Labute approximate surface area is 197 Å². The zero-order valence-electron chi connectivity index (χ0n) is 17.7. The predicted octanol–water partition coefficient (Wildman–Crippen LogP) is 5.17. The summed E-state index contributed by atoms with van der Waals surface area (Å²) < 4.78 is 11.2. The van der Waals surface area contributed by atoms with E-state index in [0.29, 0.717) is 22.3 Å². The number of methoxy groups -OCH3 is 1. The molecule has 0 atom stereocenters. The van der Waals surface area contributed by atoms with Gasteiger partial charge in [-0.25, -0.2) is 0 Å². The summed E-state index contributed by atoms with van der Waals surface area (Å²) in [6, 6.07) is 17.1. The summed E-state index contributed by atoms with van der Waals surface area (Å²) in [6.45, 7) is 0. The second kappa shape index (κ2) is 8.49. The molecule has 2 aliphatic heterocycles. The van der Waals surface area contributed by atoms with Gasteiger partial charge in [0.2, 0.25) is 0 Å². The van der Waals surface area contributed by atoms with Crippen LogP contribution in [-0.2, 0) is 4.79 Å². The SMILES string of the molecule is COc1cc([N+](=O)[O-])ccc1-c1ccc(C=C2C(=N)N3C(c4ccccc4)=CSC3=NC2=O)o1. The van der Waals surface area contributed by atoms with Gasteiger partial charge < -0.3 is 9.15 Å². The molecule has 1 N–H and O–H groups in total. The number of thioether (sulfide) groups is 1. The van der Waals surface area contributed by atoms with Crippen molar-refractivity contribution in [3.8, 4) is 17.1 Å². The number of non-ortho nitro benzene ring substituents is 1. The summed E-state index contributed by atoms with van der Waals surface area (Å²) >= 11 is 1.29. The summed E-state index contributed by atoms with van der Waals surface area (Å²) in [7, 11) is 1.41. The molecule has 0 fully saturated rings. The van der Waals surface area contributed by atoms with Crippen LogP contribution < -0.4 is 4.74 Å². The number of nitro groups is 1. The van der Waals surface area contributed by atoms with Gasteiger partial charge in [-0.05, 0) is 29.8 Å². The van der Waals surface area contributed by atoms with Gasteiger partial charge in [-0.3, -0.25) is 25.2 Å². The molecule has 2 aliphatic rings. The number of nitrogens with one attached hydrogen (secondary N) is 1. The Morgan fingerprint density at radius 3 is 2.71 bits per heavy atom. The summed E-state index contributed by atoms with van der Waals surface area (Å²) in [5.41, 5.74) is 2.18. The number of hydrogen-bond acceptors (Lipinski definition) is 7. The van der Waals surface area contributed by atoms with Crippen molar-refractivity contribution in [2.24, 2.45) is 4.99 Å². The van der Waals surface area contributed by atoms with E-state index in [1.165, 1.54) is 43.1 Å². The van der Waals surface area contributed by atoms with Crippen LogP contribution in [0.1, 0.15) is 11.3 Å². The van der Waals surface area contributed by atoms with Crippen molar-refractivity contribution >= 4 is 46.1 Å². The van der Waals surface area contributed by atoms with Crippen LogP contribution in [-0.4, -0.2) is 33.8 Å². The largest absolute Gasteiger partial charge is 0.496 e. The van der Waals surface area contributed by atoms with Crippen LogP contribution >= 0.6 is 11.8 Å². The van der Waals surface area contributed by atoms with E-state index in [2.05, 4.69) is 4.99 Å². The van der Waals surface area contributed by atoms with Crippen molar-refractivity contribution in [3.63, 3.8) is 0 Å². The number of furan rings is 1. The Morgan fingerprint density at radius 1 is 1.18 bits per heavy atom. The molecule has 168 valence electrons. The van der Waals surface area contributed by atoms with Crippen LogP contribution in [0, 0.1) is 15.5 Å². The van der Waals surface area contributed by atoms with E-state index in [0.717, 1.165) is 11.3 Å². The predicted molar refractivity (Wildman–Crippen MR) is 129 cm³/mol. The van der Waals surface area contributed by atoms with E-state index in [1.807, 2.05) is 35.7 Å². The molecule has 10 heteroatoms. The van der Waals surface area contributed by atoms with Crippen LogP contribution in [0.4, 0.5) is 5.69 Å². The molecule has 0 radical (unpaired) electrons. The number of ether oxygens (including phenoxy) is 1. The average molecular weight is 472 g/mol. The molecular formula is C24H16N4O5S. The fourth-order valence-corrected chi connectivity index (χ4v) is 4.52. The normalized spacial score (nSPS) is 16.4. The third kappa shape index (κ3) is 3.69. The topological polar surface area (TPSA) is 122 Å². The van der Waals surface area contributed by atoms with Gasteiger partial charge in [-0.2, -0.15) is 4.99 Å². The van der Waals surface area contributed by atoms with Crippen molar-refractivity contribution in [1.29, 1.82) is 5.41 Å². The maximum absolute atomic E-state index is 12.7. The van der Waals surface area contributed by atoms with E-state index in [9.17, 15) is 14.9 Å². The van der Waals surface area contributed by atoms with Crippen LogP contribution in [0.2, 0.25) is 0 Å². The number of amides is 1. The molecule has 0 spiro atoms. The maximum Gasteiger partial charge on any atom is 0.283 e. The van der Waals surface area contributed by atoms with Crippen LogP contribution in [0.5, 0.6) is 5.75 Å². The Balaban J connectivity index is 1.47. The monoisotopic (exact) mass is 472 g/mol. The van der Waals surface area contributed by atoms with E-state index in [4.69, 9.17) is 14.6 Å². The molecule has 3 heterocycles. The van der Waals surface area contributed by atoms with Gasteiger partial charge in [-0.1, -0.05) is 42.1 Å². The van der Waals surface area contributed by atoms with E-state index >= 15 is 0 Å². The second-order valence-corrected chi connectivity index (χ2v) is 8.11. The summed E-state index contributed by atoms with van der Waals surface area (Å²) in [5, 5.41) is 22.0. The molecule has 9 nitrogen and oxygen atoms in total. The van der Waals surface area contributed by atoms with Crippen LogP contribution in [0.3, 0.4) is 0 Å². The first-order chi connectivity index (χ1) is 16.5. The second-order valence-electron chi connectivity index (χ2n) is 7.27. The number of nitro benzene ring substituents is 1. The number of amidine groups is 2. The van der Waals surface area contributed by atoms with Gasteiger partial charge in [0.25, 0.3) is 11.6 Å². The number of rotatable bonds is 5. The molecule has 5 rings (SSSR count). The molecule has 1 amide bonds. The Morgan fingerprint density at radius 2 is 1.97 bits per heavy atom. The van der Waals surface area contributed by atoms with Crippen molar-refractivity contribution in [2.75, 3.05) is 7.11 Å². The van der Waals surface area contributed by atoms with Crippen molar-refractivity contribution in [3.05, 3.63) is 93.1 Å². The number of aliphatic imine (C=N–C) groups is 1. The zero-order valence-corrected chi connectivity index (χ0v) is 18.5.